The third-order valence-corrected chi connectivity index (χ3v) is 0.507. The van der Waals surface area contributed by atoms with Crippen molar-refractivity contribution in [3.8, 4) is 0 Å². The Labute approximate surface area is 47.5 Å². The van der Waals surface area contributed by atoms with Crippen LogP contribution in [0.15, 0.2) is 0 Å². The van der Waals surface area contributed by atoms with Crippen LogP contribution in [0.4, 0.5) is 0 Å². The zero-order valence-electron chi connectivity index (χ0n) is 4.42. The molecule has 0 amide bonds. The van der Waals surface area contributed by atoms with Crippen LogP contribution in [0.3, 0.4) is 0 Å². The summed E-state index contributed by atoms with van der Waals surface area (Å²) in [6.07, 6.45) is 1.56. The number of hydrogen-bond donors (Lipinski definition) is 1. The lowest BCUT2D eigenvalue weighted by atomic mass is 10.7. The highest BCUT2D eigenvalue weighted by atomic mass is 16.6. The molecule has 0 saturated heterocycles. The minimum absolute atomic E-state index is 0.0106. The lowest BCUT2D eigenvalue weighted by Crippen LogP contribution is -2.08. The molecule has 0 aromatic carbocycles. The normalized spacial score (nSPS) is 9.12. The molecule has 47 valence electrons. The third-order valence-electron chi connectivity index (χ3n) is 0.507. The molecule has 4 heteroatoms. The molecule has 0 heterocycles. The Kier molecular flexibility index (Phi) is 6.18. The van der Waals surface area contributed by atoms with Crippen molar-refractivity contribution >= 4 is 6.29 Å². The Hall–Kier alpha value is -0.450. The van der Waals surface area contributed by atoms with Crippen molar-refractivity contribution < 1.29 is 14.4 Å². The molecule has 0 rings (SSSR count). The van der Waals surface area contributed by atoms with Crippen LogP contribution >= 0.6 is 0 Å². The second kappa shape index (κ2) is 6.55. The average Bonchev–Trinajstić information content (AvgIpc) is 1.81. The number of nitrogens with two attached hydrogens (primary N) is 1. The Balaban J connectivity index is 2.62. The van der Waals surface area contributed by atoms with Crippen molar-refractivity contribution in [3.05, 3.63) is 0 Å². The maximum absolute atomic E-state index is 9.45. The fourth-order valence-corrected chi connectivity index (χ4v) is 0.221. The second-order valence-corrected chi connectivity index (χ2v) is 1.07. The summed E-state index contributed by atoms with van der Waals surface area (Å²) in [6, 6.07) is 0. The molecule has 0 saturated carbocycles. The summed E-state index contributed by atoms with van der Waals surface area (Å²) in [4.78, 5) is 13.6. The standard InChI is InChI=1S/C4H8NO3/c5-8-4-3-7-2-1-6/h2-5H2. The van der Waals surface area contributed by atoms with Crippen molar-refractivity contribution in [2.45, 2.75) is 0 Å². The summed E-state index contributed by atoms with van der Waals surface area (Å²) in [6.45, 7) is 0.636. The van der Waals surface area contributed by atoms with Crippen LogP contribution in [-0.4, -0.2) is 26.1 Å². The van der Waals surface area contributed by atoms with Crippen LogP contribution < -0.4 is 5.90 Å². The van der Waals surface area contributed by atoms with Crippen LogP contribution in [0.2, 0.25) is 0 Å². The van der Waals surface area contributed by atoms with E-state index in [4.69, 9.17) is 0 Å². The molecule has 2 N–H and O–H groups in total. The van der Waals surface area contributed by atoms with Crippen molar-refractivity contribution in [3.63, 3.8) is 0 Å². The van der Waals surface area contributed by atoms with Gasteiger partial charge >= 0.3 is 0 Å². The van der Waals surface area contributed by atoms with E-state index in [0.29, 0.717) is 13.2 Å². The molecule has 0 aromatic rings. The zero-order chi connectivity index (χ0) is 6.24. The predicted molar refractivity (Wildman–Crippen MR) is 26.7 cm³/mol. The lowest BCUT2D eigenvalue weighted by Gasteiger charge is -1.94. The molecule has 0 spiro atoms. The van der Waals surface area contributed by atoms with Gasteiger partial charge in [-0.1, -0.05) is 0 Å². The van der Waals surface area contributed by atoms with E-state index in [-0.39, 0.29) is 6.61 Å². The molecule has 8 heavy (non-hydrogen) atoms. The van der Waals surface area contributed by atoms with E-state index in [0.717, 1.165) is 0 Å². The van der Waals surface area contributed by atoms with E-state index in [9.17, 15) is 4.79 Å². The fourth-order valence-electron chi connectivity index (χ4n) is 0.221. The van der Waals surface area contributed by atoms with Gasteiger partial charge in [-0.15, -0.1) is 0 Å². The van der Waals surface area contributed by atoms with Gasteiger partial charge in [-0.05, 0) is 0 Å². The molecule has 0 aliphatic carbocycles. The van der Waals surface area contributed by atoms with Crippen molar-refractivity contribution in [1.82, 2.24) is 0 Å². The minimum Gasteiger partial charge on any atom is -0.371 e. The maximum Gasteiger partial charge on any atom is 0.226 e. The first-order chi connectivity index (χ1) is 3.91. The molecule has 1 radical (unpaired) electrons. The van der Waals surface area contributed by atoms with E-state index in [1.54, 1.807) is 6.29 Å². The van der Waals surface area contributed by atoms with Gasteiger partial charge in [0.1, 0.15) is 6.61 Å². The molecule has 0 aliphatic rings. The summed E-state index contributed by atoms with van der Waals surface area (Å²) in [5.74, 6) is 4.63. The Morgan fingerprint density at radius 1 is 1.50 bits per heavy atom. The zero-order valence-corrected chi connectivity index (χ0v) is 4.42. The van der Waals surface area contributed by atoms with E-state index in [1.165, 1.54) is 0 Å². The van der Waals surface area contributed by atoms with Gasteiger partial charge in [0.25, 0.3) is 0 Å². The van der Waals surface area contributed by atoms with Gasteiger partial charge in [-0.25, -0.2) is 5.90 Å². The van der Waals surface area contributed by atoms with Gasteiger partial charge in [0, 0.05) is 0 Å². The largest absolute Gasteiger partial charge is 0.371 e. The fraction of sp³-hybridized carbons (Fsp3) is 0.750. The third kappa shape index (κ3) is 5.55. The van der Waals surface area contributed by atoms with E-state index < -0.39 is 0 Å². The van der Waals surface area contributed by atoms with E-state index in [1.807, 2.05) is 0 Å². The Morgan fingerprint density at radius 3 is 2.75 bits per heavy atom. The van der Waals surface area contributed by atoms with Crippen LogP contribution in [0.1, 0.15) is 0 Å². The summed E-state index contributed by atoms with van der Waals surface area (Å²) in [5, 5.41) is 0. The smallest absolute Gasteiger partial charge is 0.226 e. The van der Waals surface area contributed by atoms with Crippen LogP contribution in [0.5, 0.6) is 0 Å². The number of carbonyl (C=O) groups excluding carboxylic acids is 1. The molecule has 0 atom stereocenters. The van der Waals surface area contributed by atoms with Gasteiger partial charge in [0.2, 0.25) is 6.29 Å². The highest BCUT2D eigenvalue weighted by Crippen LogP contribution is 1.69. The van der Waals surface area contributed by atoms with Gasteiger partial charge in [0.15, 0.2) is 0 Å². The molecule has 0 fully saturated rings. The first-order valence-electron chi connectivity index (χ1n) is 2.16. The van der Waals surface area contributed by atoms with Crippen molar-refractivity contribution in [2.75, 3.05) is 19.8 Å². The van der Waals surface area contributed by atoms with Gasteiger partial charge in [-0.3, -0.25) is 4.79 Å². The maximum atomic E-state index is 9.45. The van der Waals surface area contributed by atoms with Crippen LogP contribution in [-0.2, 0) is 14.4 Å². The molecular weight excluding hydrogens is 110 g/mol. The topological polar surface area (TPSA) is 61.6 Å². The number of rotatable bonds is 5. The molecule has 0 aliphatic heterocycles. The van der Waals surface area contributed by atoms with Gasteiger partial charge in [-0.2, -0.15) is 0 Å². The summed E-state index contributed by atoms with van der Waals surface area (Å²) >= 11 is 0. The summed E-state index contributed by atoms with van der Waals surface area (Å²) in [5.41, 5.74) is 0. The summed E-state index contributed by atoms with van der Waals surface area (Å²) in [7, 11) is 0. The van der Waals surface area contributed by atoms with Crippen LogP contribution in [0, 0.1) is 0 Å². The Morgan fingerprint density at radius 2 is 2.25 bits per heavy atom. The Bertz CT molecular complexity index is 57.2. The lowest BCUT2D eigenvalue weighted by molar-refractivity contribution is 0.0617. The molecule has 4 nitrogen and oxygen atoms in total. The quantitative estimate of drug-likeness (QED) is 0.371. The highest BCUT2D eigenvalue weighted by molar-refractivity contribution is 5.51. The molecular formula is C4H8NO3. The van der Waals surface area contributed by atoms with Gasteiger partial charge < -0.3 is 9.57 Å². The second-order valence-electron chi connectivity index (χ2n) is 1.07. The van der Waals surface area contributed by atoms with Gasteiger partial charge in [0.05, 0.1) is 13.2 Å². The van der Waals surface area contributed by atoms with E-state index in [2.05, 4.69) is 15.5 Å². The predicted octanol–water partition coefficient (Wildman–Crippen LogP) is -0.997. The monoisotopic (exact) mass is 118 g/mol. The molecule has 0 bridgehead atoms. The number of hydrogen-bond acceptors (Lipinski definition) is 4. The van der Waals surface area contributed by atoms with Crippen LogP contribution in [0.25, 0.3) is 0 Å². The average molecular weight is 118 g/mol. The highest BCUT2D eigenvalue weighted by Gasteiger charge is 1.83. The molecule has 0 unspecified atom stereocenters. The van der Waals surface area contributed by atoms with E-state index >= 15 is 0 Å². The minimum atomic E-state index is -0.0106. The first-order valence-corrected chi connectivity index (χ1v) is 2.16. The number of ether oxygens (including phenoxy) is 1. The SMILES string of the molecule is NOCCOC[C]=O. The van der Waals surface area contributed by atoms with Crippen molar-refractivity contribution in [2.24, 2.45) is 5.90 Å². The molecule has 0 aromatic heterocycles. The summed E-state index contributed by atoms with van der Waals surface area (Å²) < 4.78 is 4.59. The van der Waals surface area contributed by atoms with Crippen molar-refractivity contribution in [1.29, 1.82) is 0 Å². The first kappa shape index (κ1) is 7.55.